The fourth-order valence-electron chi connectivity index (χ4n) is 2.52. The van der Waals surface area contributed by atoms with Crippen LogP contribution in [0.1, 0.15) is 23.0 Å². The number of morpholine rings is 1. The molecule has 1 saturated heterocycles. The minimum Gasteiger partial charge on any atom is -0.477 e. The van der Waals surface area contributed by atoms with Gasteiger partial charge in [-0.15, -0.1) is 0 Å². The number of likely N-dealkylation sites (N-methyl/N-ethyl adjacent to an activating group) is 1. The molecule has 1 aliphatic heterocycles. The van der Waals surface area contributed by atoms with Crippen molar-refractivity contribution in [3.05, 3.63) is 11.3 Å². The Bertz CT molecular complexity index is 486. The lowest BCUT2D eigenvalue weighted by atomic mass is 10.2. The van der Waals surface area contributed by atoms with Crippen LogP contribution >= 0.6 is 0 Å². The molecule has 0 saturated carbocycles. The third kappa shape index (κ3) is 3.10. The summed E-state index contributed by atoms with van der Waals surface area (Å²) in [5, 5.41) is 16.6. The van der Waals surface area contributed by atoms with Gasteiger partial charge in [0.2, 0.25) is 0 Å². The van der Waals surface area contributed by atoms with Gasteiger partial charge in [0.15, 0.2) is 0 Å². The van der Waals surface area contributed by atoms with Gasteiger partial charge in [-0.25, -0.2) is 4.79 Å². The van der Waals surface area contributed by atoms with Crippen molar-refractivity contribution < 1.29 is 14.6 Å². The molecule has 0 bridgehead atoms. The Balaban J connectivity index is 2.02. The molecule has 2 rings (SSSR count). The number of anilines is 1. The van der Waals surface area contributed by atoms with Gasteiger partial charge in [-0.2, -0.15) is 5.10 Å². The maximum absolute atomic E-state index is 11.3. The van der Waals surface area contributed by atoms with Crippen molar-refractivity contribution in [2.45, 2.75) is 20.0 Å². The van der Waals surface area contributed by atoms with E-state index in [1.165, 1.54) is 0 Å². The predicted octanol–water partition coefficient (Wildman–Crippen LogP) is 0.559. The second-order valence-corrected chi connectivity index (χ2v) is 5.00. The molecule has 1 atom stereocenters. The predicted molar refractivity (Wildman–Crippen MR) is 75.2 cm³/mol. The fourth-order valence-corrected chi connectivity index (χ4v) is 2.52. The van der Waals surface area contributed by atoms with Crippen LogP contribution in [0.2, 0.25) is 0 Å². The van der Waals surface area contributed by atoms with E-state index < -0.39 is 5.97 Å². The molecule has 0 aromatic carbocycles. The number of carboxylic acid groups (broad SMARTS) is 1. The maximum Gasteiger partial charge on any atom is 0.341 e. The van der Waals surface area contributed by atoms with E-state index in [2.05, 4.69) is 22.2 Å². The Morgan fingerprint density at radius 3 is 3.00 bits per heavy atom. The number of aromatic carboxylic acids is 1. The molecule has 20 heavy (non-hydrogen) atoms. The van der Waals surface area contributed by atoms with E-state index in [0.29, 0.717) is 18.1 Å². The van der Waals surface area contributed by atoms with Crippen LogP contribution in [0, 0.1) is 6.92 Å². The largest absolute Gasteiger partial charge is 0.477 e. The van der Waals surface area contributed by atoms with Crippen molar-refractivity contribution >= 4 is 11.8 Å². The number of nitrogens with zero attached hydrogens (tertiary/aromatic N) is 3. The molecular formula is C13H22N4O3. The van der Waals surface area contributed by atoms with Crippen molar-refractivity contribution in [3.8, 4) is 0 Å². The number of aromatic nitrogens is 2. The highest BCUT2D eigenvalue weighted by Crippen LogP contribution is 2.19. The van der Waals surface area contributed by atoms with E-state index in [9.17, 15) is 9.90 Å². The summed E-state index contributed by atoms with van der Waals surface area (Å²) in [5.74, 6) is -0.426. The van der Waals surface area contributed by atoms with Crippen molar-refractivity contribution in [1.82, 2.24) is 14.7 Å². The summed E-state index contributed by atoms with van der Waals surface area (Å²) in [7, 11) is 1.74. The topological polar surface area (TPSA) is 79.6 Å². The third-order valence-corrected chi connectivity index (χ3v) is 3.60. The summed E-state index contributed by atoms with van der Waals surface area (Å²) in [6.45, 7) is 7.95. The van der Waals surface area contributed by atoms with Gasteiger partial charge in [-0.1, -0.05) is 6.92 Å². The van der Waals surface area contributed by atoms with Crippen molar-refractivity contribution in [2.24, 2.45) is 7.05 Å². The quantitative estimate of drug-likeness (QED) is 0.821. The second-order valence-electron chi connectivity index (χ2n) is 5.00. The standard InChI is InChI=1S/C13H22N4O3/c1-4-17-5-6-20-10(8-17)7-14-12-11(13(18)19)9(2)15-16(12)3/h10,14H,4-8H2,1-3H3,(H,18,19). The van der Waals surface area contributed by atoms with Crippen LogP contribution < -0.4 is 5.32 Å². The monoisotopic (exact) mass is 282 g/mol. The zero-order valence-corrected chi connectivity index (χ0v) is 12.2. The van der Waals surface area contributed by atoms with E-state index in [4.69, 9.17) is 4.74 Å². The Morgan fingerprint density at radius 1 is 1.60 bits per heavy atom. The number of rotatable bonds is 5. The number of hydrogen-bond donors (Lipinski definition) is 2. The molecule has 1 unspecified atom stereocenters. The Hall–Kier alpha value is -1.60. The molecule has 0 amide bonds. The van der Waals surface area contributed by atoms with Crippen LogP contribution in [0.15, 0.2) is 0 Å². The molecule has 1 fully saturated rings. The summed E-state index contributed by atoms with van der Waals surface area (Å²) >= 11 is 0. The minimum absolute atomic E-state index is 0.0700. The highest BCUT2D eigenvalue weighted by molar-refractivity contribution is 5.94. The van der Waals surface area contributed by atoms with Crippen molar-refractivity contribution in [3.63, 3.8) is 0 Å². The van der Waals surface area contributed by atoms with Crippen molar-refractivity contribution in [1.29, 1.82) is 0 Å². The molecule has 0 radical (unpaired) electrons. The third-order valence-electron chi connectivity index (χ3n) is 3.60. The van der Waals surface area contributed by atoms with Crippen LogP contribution in [-0.4, -0.2) is 64.6 Å². The number of hydrogen-bond acceptors (Lipinski definition) is 5. The lowest BCUT2D eigenvalue weighted by Gasteiger charge is -2.32. The molecule has 2 N–H and O–H groups in total. The Labute approximate surface area is 118 Å². The average molecular weight is 282 g/mol. The normalized spacial score (nSPS) is 20.1. The lowest BCUT2D eigenvalue weighted by Crippen LogP contribution is -2.45. The number of nitrogens with one attached hydrogen (secondary N) is 1. The van der Waals surface area contributed by atoms with Crippen LogP contribution in [0.3, 0.4) is 0 Å². The maximum atomic E-state index is 11.3. The lowest BCUT2D eigenvalue weighted by molar-refractivity contribution is -0.0192. The number of carbonyl (C=O) groups is 1. The first kappa shape index (κ1) is 14.8. The summed E-state index contributed by atoms with van der Waals surface area (Å²) in [6, 6.07) is 0. The first-order valence-corrected chi connectivity index (χ1v) is 6.87. The van der Waals surface area contributed by atoms with Crippen LogP contribution in [0.5, 0.6) is 0 Å². The highest BCUT2D eigenvalue weighted by Gasteiger charge is 2.23. The summed E-state index contributed by atoms with van der Waals surface area (Å²) in [4.78, 5) is 13.6. The van der Waals surface area contributed by atoms with E-state index in [-0.39, 0.29) is 11.7 Å². The van der Waals surface area contributed by atoms with Gasteiger partial charge in [0.25, 0.3) is 0 Å². The smallest absolute Gasteiger partial charge is 0.341 e. The van der Waals surface area contributed by atoms with Gasteiger partial charge in [-0.3, -0.25) is 9.58 Å². The molecule has 2 heterocycles. The minimum atomic E-state index is -0.960. The van der Waals surface area contributed by atoms with Crippen molar-refractivity contribution in [2.75, 3.05) is 38.1 Å². The molecule has 1 aromatic rings. The van der Waals surface area contributed by atoms with E-state index in [0.717, 1.165) is 26.2 Å². The first-order chi connectivity index (χ1) is 9.52. The van der Waals surface area contributed by atoms with E-state index in [1.54, 1.807) is 18.7 Å². The molecule has 1 aliphatic rings. The van der Waals surface area contributed by atoms with E-state index in [1.807, 2.05) is 0 Å². The van der Waals surface area contributed by atoms with E-state index >= 15 is 0 Å². The zero-order chi connectivity index (χ0) is 14.7. The zero-order valence-electron chi connectivity index (χ0n) is 12.2. The molecule has 1 aromatic heterocycles. The summed E-state index contributed by atoms with van der Waals surface area (Å²) < 4.78 is 7.27. The van der Waals surface area contributed by atoms with Gasteiger partial charge < -0.3 is 15.2 Å². The molecular weight excluding hydrogens is 260 g/mol. The van der Waals surface area contributed by atoms with Gasteiger partial charge in [0.05, 0.1) is 18.4 Å². The van der Waals surface area contributed by atoms with Crippen LogP contribution in [0.25, 0.3) is 0 Å². The number of carboxylic acids is 1. The molecule has 112 valence electrons. The average Bonchev–Trinajstić information content (AvgIpc) is 2.71. The SMILES string of the molecule is CCN1CCOC(CNc2c(C(=O)O)c(C)nn2C)C1. The molecule has 0 spiro atoms. The Kier molecular flexibility index (Phi) is 4.61. The van der Waals surface area contributed by atoms with Gasteiger partial charge >= 0.3 is 5.97 Å². The number of aryl methyl sites for hydroxylation is 2. The number of ether oxygens (including phenoxy) is 1. The molecule has 0 aliphatic carbocycles. The highest BCUT2D eigenvalue weighted by atomic mass is 16.5. The van der Waals surface area contributed by atoms with Gasteiger partial charge in [-0.05, 0) is 13.5 Å². The fraction of sp³-hybridized carbons (Fsp3) is 0.692. The van der Waals surface area contributed by atoms with Gasteiger partial charge in [0.1, 0.15) is 11.4 Å². The Morgan fingerprint density at radius 2 is 2.35 bits per heavy atom. The second kappa shape index (κ2) is 6.23. The molecule has 7 nitrogen and oxygen atoms in total. The van der Waals surface area contributed by atoms with Crippen LogP contribution in [-0.2, 0) is 11.8 Å². The van der Waals surface area contributed by atoms with Crippen LogP contribution in [0.4, 0.5) is 5.82 Å². The summed E-state index contributed by atoms with van der Waals surface area (Å²) in [5.41, 5.74) is 0.748. The molecule has 7 heteroatoms. The summed E-state index contributed by atoms with van der Waals surface area (Å²) in [6.07, 6.45) is 0.0700. The van der Waals surface area contributed by atoms with Gasteiger partial charge in [0, 0.05) is 26.7 Å². The first-order valence-electron chi connectivity index (χ1n) is 6.87.